The first-order valence-corrected chi connectivity index (χ1v) is 6.96. The lowest BCUT2D eigenvalue weighted by atomic mass is 10.1. The summed E-state index contributed by atoms with van der Waals surface area (Å²) < 4.78 is 0. The number of carbonyl (C=O) groups excluding carboxylic acids is 1. The van der Waals surface area contributed by atoms with Crippen LogP contribution in [-0.2, 0) is 17.8 Å². The van der Waals surface area contributed by atoms with Gasteiger partial charge in [0.15, 0.2) is 5.69 Å². The standard InChI is InChI=1S/C16H15N3O3/c20-14(7-6-11-4-2-1-3-5-11)19-9-8-13-12(10-19)15(16(21)22)18-17-13/h1-7H,8-10H2,(H,17,18)(H,21,22)/b7-6+. The van der Waals surface area contributed by atoms with Crippen LogP contribution in [0, 0.1) is 0 Å². The molecule has 0 unspecified atom stereocenters. The molecule has 22 heavy (non-hydrogen) atoms. The molecule has 2 heterocycles. The largest absolute Gasteiger partial charge is 0.476 e. The summed E-state index contributed by atoms with van der Waals surface area (Å²) in [6.45, 7) is 0.817. The van der Waals surface area contributed by atoms with Crippen molar-refractivity contribution in [2.45, 2.75) is 13.0 Å². The number of aromatic nitrogens is 2. The van der Waals surface area contributed by atoms with Crippen molar-refractivity contribution in [2.75, 3.05) is 6.54 Å². The lowest BCUT2D eigenvalue weighted by Gasteiger charge is -2.25. The topological polar surface area (TPSA) is 86.3 Å². The Balaban J connectivity index is 1.74. The molecule has 6 heteroatoms. The van der Waals surface area contributed by atoms with Gasteiger partial charge in [0.25, 0.3) is 0 Å². The molecule has 2 N–H and O–H groups in total. The van der Waals surface area contributed by atoms with E-state index in [2.05, 4.69) is 10.2 Å². The number of rotatable bonds is 3. The van der Waals surface area contributed by atoms with Gasteiger partial charge < -0.3 is 10.0 Å². The summed E-state index contributed by atoms with van der Waals surface area (Å²) >= 11 is 0. The first kappa shape index (κ1) is 14.1. The van der Waals surface area contributed by atoms with E-state index in [4.69, 9.17) is 5.11 Å². The van der Waals surface area contributed by atoms with Gasteiger partial charge in [-0.25, -0.2) is 4.79 Å². The first-order valence-electron chi connectivity index (χ1n) is 6.96. The number of hydrogen-bond acceptors (Lipinski definition) is 3. The average molecular weight is 297 g/mol. The summed E-state index contributed by atoms with van der Waals surface area (Å²) in [5.74, 6) is -1.21. The molecule has 0 bridgehead atoms. The fourth-order valence-electron chi connectivity index (χ4n) is 2.50. The van der Waals surface area contributed by atoms with Crippen molar-refractivity contribution >= 4 is 18.0 Å². The zero-order valence-corrected chi connectivity index (χ0v) is 11.8. The summed E-state index contributed by atoms with van der Waals surface area (Å²) in [6, 6.07) is 9.55. The molecule has 1 amide bonds. The molecular weight excluding hydrogens is 282 g/mol. The molecule has 1 aromatic carbocycles. The Kier molecular flexibility index (Phi) is 3.74. The average Bonchev–Trinajstić information content (AvgIpc) is 2.96. The molecule has 0 saturated carbocycles. The third-order valence-corrected chi connectivity index (χ3v) is 3.67. The second-order valence-corrected chi connectivity index (χ2v) is 5.09. The van der Waals surface area contributed by atoms with E-state index in [-0.39, 0.29) is 18.1 Å². The third kappa shape index (κ3) is 2.76. The molecule has 6 nitrogen and oxygen atoms in total. The number of aromatic carboxylic acids is 1. The molecule has 1 aliphatic rings. The molecule has 0 spiro atoms. The van der Waals surface area contributed by atoms with E-state index >= 15 is 0 Å². The number of hydrogen-bond donors (Lipinski definition) is 2. The Morgan fingerprint density at radius 1 is 1.27 bits per heavy atom. The number of benzene rings is 1. The van der Waals surface area contributed by atoms with E-state index < -0.39 is 5.97 Å². The number of aromatic amines is 1. The van der Waals surface area contributed by atoms with Crippen molar-refractivity contribution in [3.63, 3.8) is 0 Å². The number of nitrogens with one attached hydrogen (secondary N) is 1. The molecule has 1 aliphatic heterocycles. The van der Waals surface area contributed by atoms with Gasteiger partial charge in [-0.15, -0.1) is 0 Å². The van der Waals surface area contributed by atoms with Crippen molar-refractivity contribution in [3.05, 3.63) is 58.9 Å². The molecule has 2 aromatic rings. The zero-order valence-electron chi connectivity index (χ0n) is 11.8. The molecule has 0 radical (unpaired) electrons. The number of fused-ring (bicyclic) bond motifs is 1. The monoisotopic (exact) mass is 297 g/mol. The van der Waals surface area contributed by atoms with Crippen LogP contribution in [-0.4, -0.2) is 38.6 Å². The highest BCUT2D eigenvalue weighted by molar-refractivity contribution is 5.92. The third-order valence-electron chi connectivity index (χ3n) is 3.67. The van der Waals surface area contributed by atoms with Crippen LogP contribution >= 0.6 is 0 Å². The predicted molar refractivity (Wildman–Crippen MR) is 80.1 cm³/mol. The Morgan fingerprint density at radius 2 is 2.05 bits per heavy atom. The van der Waals surface area contributed by atoms with Gasteiger partial charge in [0.2, 0.25) is 5.91 Å². The zero-order chi connectivity index (χ0) is 15.5. The van der Waals surface area contributed by atoms with Crippen LogP contribution in [0.4, 0.5) is 0 Å². The van der Waals surface area contributed by atoms with Crippen molar-refractivity contribution in [1.82, 2.24) is 15.1 Å². The second kappa shape index (κ2) is 5.85. The van der Waals surface area contributed by atoms with E-state index in [0.29, 0.717) is 18.5 Å². The fourth-order valence-corrected chi connectivity index (χ4v) is 2.50. The van der Waals surface area contributed by atoms with E-state index in [0.717, 1.165) is 11.3 Å². The number of H-pyrrole nitrogens is 1. The summed E-state index contributed by atoms with van der Waals surface area (Å²) in [6.07, 6.45) is 3.85. The van der Waals surface area contributed by atoms with Gasteiger partial charge in [-0.2, -0.15) is 5.10 Å². The highest BCUT2D eigenvalue weighted by Gasteiger charge is 2.26. The van der Waals surface area contributed by atoms with Crippen molar-refractivity contribution < 1.29 is 14.7 Å². The number of carbonyl (C=O) groups is 2. The maximum atomic E-state index is 12.2. The molecule has 3 rings (SSSR count). The summed E-state index contributed by atoms with van der Waals surface area (Å²) in [7, 11) is 0. The van der Waals surface area contributed by atoms with Gasteiger partial charge in [0.1, 0.15) is 0 Å². The SMILES string of the molecule is O=C(O)c1n[nH]c2c1CN(C(=O)/C=C/c1ccccc1)CC2. The minimum absolute atomic E-state index is 0.000427. The summed E-state index contributed by atoms with van der Waals surface area (Å²) in [4.78, 5) is 25.0. The molecule has 112 valence electrons. The minimum atomic E-state index is -1.08. The van der Waals surface area contributed by atoms with E-state index in [9.17, 15) is 9.59 Å². The first-order chi connectivity index (χ1) is 10.6. The van der Waals surface area contributed by atoms with Crippen LogP contribution in [0.15, 0.2) is 36.4 Å². The Labute approximate surface area is 127 Å². The van der Waals surface area contributed by atoms with Crippen molar-refractivity contribution in [3.8, 4) is 0 Å². The smallest absolute Gasteiger partial charge is 0.356 e. The fraction of sp³-hybridized carbons (Fsp3) is 0.188. The Bertz CT molecular complexity index is 734. The lowest BCUT2D eigenvalue weighted by molar-refractivity contribution is -0.126. The van der Waals surface area contributed by atoms with Gasteiger partial charge in [-0.3, -0.25) is 9.89 Å². The normalized spacial score (nSPS) is 14.1. The molecule has 0 aliphatic carbocycles. The van der Waals surface area contributed by atoms with Crippen LogP contribution in [0.1, 0.15) is 27.3 Å². The summed E-state index contributed by atoms with van der Waals surface area (Å²) in [5.41, 5.74) is 2.34. The van der Waals surface area contributed by atoms with Crippen LogP contribution in [0.3, 0.4) is 0 Å². The number of carboxylic acids is 1. The Hall–Kier alpha value is -2.89. The molecule has 0 fully saturated rings. The van der Waals surface area contributed by atoms with Gasteiger partial charge in [0, 0.05) is 30.3 Å². The van der Waals surface area contributed by atoms with Gasteiger partial charge in [0.05, 0.1) is 6.54 Å². The van der Waals surface area contributed by atoms with Crippen LogP contribution in [0.5, 0.6) is 0 Å². The number of nitrogens with zero attached hydrogens (tertiary/aromatic N) is 2. The summed E-state index contributed by atoms with van der Waals surface area (Å²) in [5, 5.41) is 15.6. The highest BCUT2D eigenvalue weighted by Crippen LogP contribution is 2.20. The highest BCUT2D eigenvalue weighted by atomic mass is 16.4. The minimum Gasteiger partial charge on any atom is -0.476 e. The lowest BCUT2D eigenvalue weighted by Crippen LogP contribution is -2.35. The van der Waals surface area contributed by atoms with Crippen molar-refractivity contribution in [1.29, 1.82) is 0 Å². The van der Waals surface area contributed by atoms with E-state index in [1.165, 1.54) is 6.08 Å². The number of amides is 1. The molecular formula is C16H15N3O3. The maximum absolute atomic E-state index is 12.2. The quantitative estimate of drug-likeness (QED) is 0.844. The van der Waals surface area contributed by atoms with E-state index in [1.807, 2.05) is 30.3 Å². The molecule has 1 aromatic heterocycles. The van der Waals surface area contributed by atoms with Crippen LogP contribution in [0.25, 0.3) is 6.08 Å². The van der Waals surface area contributed by atoms with Crippen LogP contribution in [0.2, 0.25) is 0 Å². The Morgan fingerprint density at radius 3 is 2.77 bits per heavy atom. The van der Waals surface area contributed by atoms with E-state index in [1.54, 1.807) is 11.0 Å². The van der Waals surface area contributed by atoms with Crippen LogP contribution < -0.4 is 0 Å². The molecule has 0 saturated heterocycles. The van der Waals surface area contributed by atoms with Gasteiger partial charge >= 0.3 is 5.97 Å². The van der Waals surface area contributed by atoms with Gasteiger partial charge in [-0.1, -0.05) is 30.3 Å². The maximum Gasteiger partial charge on any atom is 0.356 e. The molecule has 0 atom stereocenters. The van der Waals surface area contributed by atoms with Gasteiger partial charge in [-0.05, 0) is 11.6 Å². The predicted octanol–water partition coefficient (Wildman–Crippen LogP) is 1.71. The second-order valence-electron chi connectivity index (χ2n) is 5.09. The van der Waals surface area contributed by atoms with Crippen molar-refractivity contribution in [2.24, 2.45) is 0 Å². The number of carboxylic acid groups (broad SMARTS) is 1.